The van der Waals surface area contributed by atoms with Gasteiger partial charge in [-0.25, -0.2) is 4.39 Å². The van der Waals surface area contributed by atoms with E-state index in [-0.39, 0.29) is 11.9 Å². The number of benzene rings is 1. The summed E-state index contributed by atoms with van der Waals surface area (Å²) in [6, 6.07) is 4.60. The molecule has 1 saturated heterocycles. The molecule has 2 rings (SSSR count). The Balaban J connectivity index is 1.91. The fourth-order valence-corrected chi connectivity index (χ4v) is 2.84. The van der Waals surface area contributed by atoms with E-state index in [0.29, 0.717) is 6.10 Å². The molecule has 17 heavy (non-hydrogen) atoms. The molecule has 0 spiro atoms. The van der Waals surface area contributed by atoms with Crippen LogP contribution in [0.4, 0.5) is 4.39 Å². The van der Waals surface area contributed by atoms with E-state index in [0.717, 1.165) is 42.3 Å². The molecule has 0 amide bonds. The van der Waals surface area contributed by atoms with Gasteiger partial charge in [-0.15, -0.1) is 0 Å². The van der Waals surface area contributed by atoms with Gasteiger partial charge in [-0.05, 0) is 43.4 Å². The number of hydrogen-bond acceptors (Lipinski definition) is 2. The number of hydrogen-bond donors (Lipinski definition) is 1. The summed E-state index contributed by atoms with van der Waals surface area (Å²) in [7, 11) is 0. The van der Waals surface area contributed by atoms with Crippen LogP contribution in [0.2, 0.25) is 0 Å². The van der Waals surface area contributed by atoms with Crippen LogP contribution in [0, 0.1) is 5.82 Å². The molecule has 2 atom stereocenters. The van der Waals surface area contributed by atoms with Gasteiger partial charge >= 0.3 is 0 Å². The molecule has 1 fully saturated rings. The number of ether oxygens (including phenoxy) is 1. The molecule has 2 unspecified atom stereocenters. The Kier molecular flexibility index (Phi) is 4.54. The fraction of sp³-hybridized carbons (Fsp3) is 0.538. The van der Waals surface area contributed by atoms with Gasteiger partial charge in [0.25, 0.3) is 0 Å². The Morgan fingerprint density at radius 2 is 2.35 bits per heavy atom. The average molecular weight is 302 g/mol. The van der Waals surface area contributed by atoms with Gasteiger partial charge in [-0.1, -0.05) is 22.0 Å². The highest BCUT2D eigenvalue weighted by atomic mass is 79.9. The highest BCUT2D eigenvalue weighted by Gasteiger charge is 2.18. The van der Waals surface area contributed by atoms with E-state index < -0.39 is 0 Å². The molecule has 94 valence electrons. The van der Waals surface area contributed by atoms with Crippen LogP contribution in [-0.4, -0.2) is 12.7 Å². The first kappa shape index (κ1) is 13.0. The SMILES string of the molecule is NC(CCC1CCCO1)c1ccc(F)cc1Br. The molecule has 0 saturated carbocycles. The minimum atomic E-state index is -0.244. The second-order valence-corrected chi connectivity index (χ2v) is 5.34. The molecular formula is C13H17BrFNO. The summed E-state index contributed by atoms with van der Waals surface area (Å²) >= 11 is 3.35. The van der Waals surface area contributed by atoms with Gasteiger partial charge in [0.05, 0.1) is 6.10 Å². The van der Waals surface area contributed by atoms with Gasteiger partial charge in [0.15, 0.2) is 0 Å². The Morgan fingerprint density at radius 3 is 3.00 bits per heavy atom. The summed E-state index contributed by atoms with van der Waals surface area (Å²) in [6.07, 6.45) is 4.50. The molecule has 1 aromatic rings. The van der Waals surface area contributed by atoms with Gasteiger partial charge in [-0.2, -0.15) is 0 Å². The van der Waals surface area contributed by atoms with Crippen LogP contribution in [0.25, 0.3) is 0 Å². The Bertz CT molecular complexity index is 380. The second kappa shape index (κ2) is 5.94. The predicted molar refractivity (Wildman–Crippen MR) is 69.2 cm³/mol. The normalized spacial score (nSPS) is 21.7. The maximum atomic E-state index is 13.0. The van der Waals surface area contributed by atoms with Crippen molar-refractivity contribution in [3.05, 3.63) is 34.1 Å². The van der Waals surface area contributed by atoms with Gasteiger partial charge in [0.1, 0.15) is 5.82 Å². The van der Waals surface area contributed by atoms with Crippen molar-refractivity contribution >= 4 is 15.9 Å². The van der Waals surface area contributed by atoms with Gasteiger partial charge in [0, 0.05) is 17.1 Å². The minimum Gasteiger partial charge on any atom is -0.378 e. The summed E-state index contributed by atoms with van der Waals surface area (Å²) in [5.41, 5.74) is 7.08. The number of rotatable bonds is 4. The molecule has 1 aromatic carbocycles. The molecule has 1 aliphatic rings. The Hall–Kier alpha value is -0.450. The third-order valence-corrected chi connectivity index (χ3v) is 3.87. The van der Waals surface area contributed by atoms with Crippen LogP contribution in [0.3, 0.4) is 0 Å². The summed E-state index contributed by atoms with van der Waals surface area (Å²) in [4.78, 5) is 0. The molecular weight excluding hydrogens is 285 g/mol. The van der Waals surface area contributed by atoms with Crippen molar-refractivity contribution in [3.63, 3.8) is 0 Å². The Morgan fingerprint density at radius 1 is 1.53 bits per heavy atom. The lowest BCUT2D eigenvalue weighted by atomic mass is 10.00. The molecule has 0 aliphatic carbocycles. The third kappa shape index (κ3) is 3.50. The van der Waals surface area contributed by atoms with Crippen LogP contribution < -0.4 is 5.73 Å². The smallest absolute Gasteiger partial charge is 0.124 e. The summed E-state index contributed by atoms with van der Waals surface area (Å²) in [5, 5.41) is 0. The van der Waals surface area contributed by atoms with Crippen molar-refractivity contribution in [2.45, 2.75) is 37.8 Å². The van der Waals surface area contributed by atoms with Crippen molar-refractivity contribution in [1.29, 1.82) is 0 Å². The monoisotopic (exact) mass is 301 g/mol. The first-order valence-electron chi connectivity index (χ1n) is 5.99. The minimum absolute atomic E-state index is 0.0609. The number of halogens is 2. The molecule has 2 N–H and O–H groups in total. The van der Waals surface area contributed by atoms with Gasteiger partial charge < -0.3 is 10.5 Å². The van der Waals surface area contributed by atoms with Crippen LogP contribution in [-0.2, 0) is 4.74 Å². The van der Waals surface area contributed by atoms with E-state index in [4.69, 9.17) is 10.5 Å². The summed E-state index contributed by atoms with van der Waals surface area (Å²) in [6.45, 7) is 0.875. The van der Waals surface area contributed by atoms with Crippen LogP contribution in [0.15, 0.2) is 22.7 Å². The van der Waals surface area contributed by atoms with E-state index in [1.807, 2.05) is 0 Å². The van der Waals surface area contributed by atoms with Crippen molar-refractivity contribution in [2.75, 3.05) is 6.61 Å². The zero-order valence-corrected chi connectivity index (χ0v) is 11.2. The van der Waals surface area contributed by atoms with Crippen molar-refractivity contribution in [1.82, 2.24) is 0 Å². The summed E-state index contributed by atoms with van der Waals surface area (Å²) in [5.74, 6) is -0.244. The lowest BCUT2D eigenvalue weighted by Crippen LogP contribution is -2.15. The van der Waals surface area contributed by atoms with E-state index in [9.17, 15) is 4.39 Å². The molecule has 0 bridgehead atoms. The zero-order valence-electron chi connectivity index (χ0n) is 9.66. The standard InChI is InChI=1S/C13H17BrFNO/c14-12-8-9(15)3-5-11(12)13(16)6-4-10-2-1-7-17-10/h3,5,8,10,13H,1-2,4,6-7,16H2. The first-order chi connectivity index (χ1) is 8.16. The van der Waals surface area contributed by atoms with E-state index in [1.54, 1.807) is 6.07 Å². The molecule has 1 heterocycles. The first-order valence-corrected chi connectivity index (χ1v) is 6.78. The fourth-order valence-electron chi connectivity index (χ4n) is 2.20. The summed E-state index contributed by atoms with van der Waals surface area (Å²) < 4.78 is 19.3. The van der Waals surface area contributed by atoms with Crippen molar-refractivity contribution in [2.24, 2.45) is 5.73 Å². The quantitative estimate of drug-likeness (QED) is 0.923. The third-order valence-electron chi connectivity index (χ3n) is 3.19. The Labute approximate surface area is 109 Å². The molecule has 1 aliphatic heterocycles. The van der Waals surface area contributed by atoms with Crippen molar-refractivity contribution in [3.8, 4) is 0 Å². The van der Waals surface area contributed by atoms with E-state index in [1.165, 1.54) is 12.1 Å². The number of nitrogens with two attached hydrogens (primary N) is 1. The molecule has 0 radical (unpaired) electrons. The van der Waals surface area contributed by atoms with E-state index in [2.05, 4.69) is 15.9 Å². The molecule has 0 aromatic heterocycles. The highest BCUT2D eigenvalue weighted by Crippen LogP contribution is 2.27. The van der Waals surface area contributed by atoms with Crippen LogP contribution >= 0.6 is 15.9 Å². The molecule has 2 nitrogen and oxygen atoms in total. The molecule has 4 heteroatoms. The van der Waals surface area contributed by atoms with Crippen LogP contribution in [0.5, 0.6) is 0 Å². The maximum absolute atomic E-state index is 13.0. The lowest BCUT2D eigenvalue weighted by Gasteiger charge is -2.16. The second-order valence-electron chi connectivity index (χ2n) is 4.48. The average Bonchev–Trinajstić information content (AvgIpc) is 2.78. The largest absolute Gasteiger partial charge is 0.378 e. The zero-order chi connectivity index (χ0) is 12.3. The predicted octanol–water partition coefficient (Wildman–Crippen LogP) is 3.55. The topological polar surface area (TPSA) is 35.2 Å². The van der Waals surface area contributed by atoms with E-state index >= 15 is 0 Å². The van der Waals surface area contributed by atoms with Crippen molar-refractivity contribution < 1.29 is 9.13 Å². The lowest BCUT2D eigenvalue weighted by molar-refractivity contribution is 0.101. The van der Waals surface area contributed by atoms with Gasteiger partial charge in [0.2, 0.25) is 0 Å². The van der Waals surface area contributed by atoms with Crippen LogP contribution in [0.1, 0.15) is 37.3 Å². The van der Waals surface area contributed by atoms with Gasteiger partial charge in [-0.3, -0.25) is 0 Å². The maximum Gasteiger partial charge on any atom is 0.124 e. The highest BCUT2D eigenvalue weighted by molar-refractivity contribution is 9.10.